The molecule has 0 radical (unpaired) electrons. The maximum atomic E-state index is 12.9. The smallest absolute Gasteiger partial charge is 0.245 e. The van der Waals surface area contributed by atoms with Crippen LogP contribution in [0, 0.1) is 0 Å². The van der Waals surface area contributed by atoms with Gasteiger partial charge in [-0.3, -0.25) is 4.79 Å². The van der Waals surface area contributed by atoms with Gasteiger partial charge in [0.2, 0.25) is 12.1 Å². The molecule has 0 aliphatic heterocycles. The number of rotatable bonds is 5. The molecule has 0 fully saturated rings. The summed E-state index contributed by atoms with van der Waals surface area (Å²) in [5, 5.41) is 0. The minimum atomic E-state index is -0.265. The Morgan fingerprint density at radius 3 is 2.19 bits per heavy atom. The van der Waals surface area contributed by atoms with E-state index in [0.29, 0.717) is 0 Å². The molecule has 1 heterocycles. The zero-order valence-corrected chi connectivity index (χ0v) is 16.7. The van der Waals surface area contributed by atoms with Gasteiger partial charge in [0.1, 0.15) is 6.54 Å². The van der Waals surface area contributed by atoms with Crippen molar-refractivity contribution in [1.29, 1.82) is 0 Å². The Bertz CT molecular complexity index is 1040. The molecular weight excluding hydrogens is 400 g/mol. The summed E-state index contributed by atoms with van der Waals surface area (Å²) in [6.07, 6.45) is 2.06. The first-order valence-electron chi connectivity index (χ1n) is 8.86. The van der Waals surface area contributed by atoms with Crippen LogP contribution in [0.4, 0.5) is 0 Å². The summed E-state index contributed by atoms with van der Waals surface area (Å²) in [5.74, 6) is 0.123. The maximum absolute atomic E-state index is 12.9. The predicted octanol–water partition coefficient (Wildman–Crippen LogP) is 1.42. The third-order valence-electron chi connectivity index (χ3n) is 4.78. The van der Waals surface area contributed by atoms with Crippen molar-refractivity contribution >= 4 is 16.8 Å². The van der Waals surface area contributed by atoms with Crippen LogP contribution < -0.4 is 21.5 Å². The number of Topliss-reactive ketones (excluding diaryl/α,β-unsaturated/α-hetero) is 1. The van der Waals surface area contributed by atoms with Gasteiger partial charge < -0.3 is 17.0 Å². The van der Waals surface area contributed by atoms with Crippen LogP contribution in [0.15, 0.2) is 91.3 Å². The summed E-state index contributed by atoms with van der Waals surface area (Å²) in [6, 6.07) is 27.8. The van der Waals surface area contributed by atoms with Crippen LogP contribution in [0.5, 0.6) is 0 Å². The first-order valence-corrected chi connectivity index (χ1v) is 8.86. The number of halogens is 1. The number of nitrogens with zero attached hydrogens (tertiary/aromatic N) is 2. The standard InChI is InChI=1S/C23H21N2O.BrH/c1-18(23(26)20-12-6-3-7-13-20)25-17-24(16-19-10-4-2-5-11-19)21-14-8-9-15-22(21)25;/h2-15,17-18H,16H2,1H3;1H/q+1;/p-1. The van der Waals surface area contributed by atoms with Gasteiger partial charge in [-0.15, -0.1) is 0 Å². The number of ketones is 1. The molecule has 27 heavy (non-hydrogen) atoms. The SMILES string of the molecule is CC(C(=O)c1ccccc1)n1c[n+](Cc2ccccc2)c2ccccc21.[Br-]. The van der Waals surface area contributed by atoms with E-state index in [2.05, 4.69) is 51.9 Å². The largest absolute Gasteiger partial charge is 1.00 e. The number of imidazole rings is 1. The highest BCUT2D eigenvalue weighted by atomic mass is 79.9. The van der Waals surface area contributed by atoms with E-state index in [4.69, 9.17) is 0 Å². The summed E-state index contributed by atoms with van der Waals surface area (Å²) in [5.41, 5.74) is 4.18. The van der Waals surface area contributed by atoms with Gasteiger partial charge in [0.15, 0.2) is 17.1 Å². The average Bonchev–Trinajstić information content (AvgIpc) is 3.07. The Kier molecular flexibility index (Phi) is 5.87. The summed E-state index contributed by atoms with van der Waals surface area (Å²) >= 11 is 0. The maximum Gasteiger partial charge on any atom is 0.245 e. The Morgan fingerprint density at radius 1 is 0.889 bits per heavy atom. The van der Waals surface area contributed by atoms with E-state index in [1.807, 2.05) is 55.5 Å². The van der Waals surface area contributed by atoms with Crippen LogP contribution in [0.2, 0.25) is 0 Å². The average molecular weight is 421 g/mol. The molecule has 0 amide bonds. The van der Waals surface area contributed by atoms with Crippen molar-refractivity contribution in [1.82, 2.24) is 4.57 Å². The highest BCUT2D eigenvalue weighted by Gasteiger charge is 2.25. The molecule has 1 unspecified atom stereocenters. The lowest BCUT2D eigenvalue weighted by Gasteiger charge is -2.08. The van der Waals surface area contributed by atoms with Crippen molar-refractivity contribution in [2.45, 2.75) is 19.5 Å². The molecule has 0 bridgehead atoms. The van der Waals surface area contributed by atoms with Crippen LogP contribution in [0.1, 0.15) is 28.9 Å². The van der Waals surface area contributed by atoms with Gasteiger partial charge in [-0.05, 0) is 24.6 Å². The molecule has 1 aromatic heterocycles. The Balaban J connectivity index is 0.00000210. The van der Waals surface area contributed by atoms with E-state index in [9.17, 15) is 4.79 Å². The van der Waals surface area contributed by atoms with Crippen LogP contribution in [0.3, 0.4) is 0 Å². The van der Waals surface area contributed by atoms with Crippen molar-refractivity contribution in [3.05, 3.63) is 102 Å². The molecule has 3 aromatic carbocycles. The zero-order valence-electron chi connectivity index (χ0n) is 15.1. The number of benzene rings is 3. The second-order valence-electron chi connectivity index (χ2n) is 6.53. The molecule has 0 N–H and O–H groups in total. The number of para-hydroxylation sites is 2. The summed E-state index contributed by atoms with van der Waals surface area (Å²) < 4.78 is 4.28. The van der Waals surface area contributed by atoms with E-state index in [-0.39, 0.29) is 28.8 Å². The zero-order chi connectivity index (χ0) is 17.9. The highest BCUT2D eigenvalue weighted by molar-refractivity contribution is 5.99. The molecular formula is C23H21BrN2O. The molecule has 4 rings (SSSR count). The molecule has 136 valence electrons. The molecule has 0 spiro atoms. The molecule has 4 heteroatoms. The minimum Gasteiger partial charge on any atom is -1.00 e. The van der Waals surface area contributed by atoms with Crippen molar-refractivity contribution in [2.24, 2.45) is 0 Å². The van der Waals surface area contributed by atoms with Crippen molar-refractivity contribution in [3.8, 4) is 0 Å². The fraction of sp³-hybridized carbons (Fsp3) is 0.130. The lowest BCUT2D eigenvalue weighted by molar-refractivity contribution is -0.663. The van der Waals surface area contributed by atoms with Gasteiger partial charge in [-0.25, -0.2) is 9.13 Å². The van der Waals surface area contributed by atoms with Gasteiger partial charge in [-0.1, -0.05) is 72.8 Å². The first kappa shape index (κ1) is 19.1. The lowest BCUT2D eigenvalue weighted by Crippen LogP contribution is -3.00. The van der Waals surface area contributed by atoms with Gasteiger partial charge in [0.25, 0.3) is 0 Å². The Morgan fingerprint density at radius 2 is 1.48 bits per heavy atom. The third-order valence-corrected chi connectivity index (χ3v) is 4.78. The molecule has 0 saturated heterocycles. The Labute approximate surface area is 169 Å². The predicted molar refractivity (Wildman–Crippen MR) is 103 cm³/mol. The topological polar surface area (TPSA) is 25.9 Å². The van der Waals surface area contributed by atoms with Crippen molar-refractivity contribution in [2.75, 3.05) is 0 Å². The number of aromatic nitrogens is 2. The van der Waals surface area contributed by atoms with E-state index < -0.39 is 0 Å². The Hall–Kier alpha value is -2.72. The number of carbonyl (C=O) groups is 1. The third kappa shape index (κ3) is 3.86. The second kappa shape index (κ2) is 8.31. The summed E-state index contributed by atoms with van der Waals surface area (Å²) in [7, 11) is 0. The van der Waals surface area contributed by atoms with Crippen molar-refractivity contribution in [3.63, 3.8) is 0 Å². The van der Waals surface area contributed by atoms with E-state index in [1.165, 1.54) is 5.56 Å². The number of hydrogen-bond acceptors (Lipinski definition) is 1. The molecule has 0 aliphatic rings. The monoisotopic (exact) mass is 420 g/mol. The number of hydrogen-bond donors (Lipinski definition) is 0. The molecule has 0 saturated carbocycles. The van der Waals surface area contributed by atoms with Gasteiger partial charge >= 0.3 is 0 Å². The molecule has 0 aliphatic carbocycles. The van der Waals surface area contributed by atoms with Crippen LogP contribution >= 0.6 is 0 Å². The van der Waals surface area contributed by atoms with E-state index in [0.717, 1.165) is 23.1 Å². The van der Waals surface area contributed by atoms with Gasteiger partial charge in [-0.2, -0.15) is 0 Å². The molecule has 3 nitrogen and oxygen atoms in total. The van der Waals surface area contributed by atoms with E-state index >= 15 is 0 Å². The quantitative estimate of drug-likeness (QED) is 0.354. The molecule has 1 atom stereocenters. The number of carbonyl (C=O) groups excluding carboxylic acids is 1. The summed E-state index contributed by atoms with van der Waals surface area (Å²) in [4.78, 5) is 12.9. The minimum absolute atomic E-state index is 0. The highest BCUT2D eigenvalue weighted by Crippen LogP contribution is 2.20. The normalized spacial score (nSPS) is 11.7. The van der Waals surface area contributed by atoms with Crippen LogP contribution in [0.25, 0.3) is 11.0 Å². The van der Waals surface area contributed by atoms with Gasteiger partial charge in [0.05, 0.1) is 0 Å². The van der Waals surface area contributed by atoms with Gasteiger partial charge in [0, 0.05) is 5.56 Å². The number of fused-ring (bicyclic) bond motifs is 1. The second-order valence-corrected chi connectivity index (χ2v) is 6.53. The lowest BCUT2D eigenvalue weighted by atomic mass is 10.1. The van der Waals surface area contributed by atoms with Crippen LogP contribution in [-0.2, 0) is 6.54 Å². The summed E-state index contributed by atoms with van der Waals surface area (Å²) in [6.45, 7) is 2.75. The molecule has 4 aromatic rings. The van der Waals surface area contributed by atoms with Crippen LogP contribution in [-0.4, -0.2) is 10.4 Å². The first-order chi connectivity index (χ1) is 12.7. The fourth-order valence-corrected chi connectivity index (χ4v) is 3.38. The van der Waals surface area contributed by atoms with Crippen molar-refractivity contribution < 1.29 is 26.3 Å². The van der Waals surface area contributed by atoms with E-state index in [1.54, 1.807) is 0 Å². The fourth-order valence-electron chi connectivity index (χ4n) is 3.38.